The maximum Gasteiger partial charge on any atom is 0.182 e. The van der Waals surface area contributed by atoms with E-state index >= 15 is 0 Å². The Hall–Kier alpha value is -2.64. The molecule has 3 rings (SSSR count). The van der Waals surface area contributed by atoms with Gasteiger partial charge in [0.1, 0.15) is 0 Å². The van der Waals surface area contributed by atoms with E-state index in [2.05, 4.69) is 0 Å². The predicted octanol–water partition coefficient (Wildman–Crippen LogP) is 3.22. The second-order valence-electron chi connectivity index (χ2n) is 5.75. The Kier molecular flexibility index (Phi) is 3.67. The molecule has 1 aromatic rings. The van der Waals surface area contributed by atoms with Gasteiger partial charge in [0.15, 0.2) is 10.8 Å². The topological polar surface area (TPSA) is 104 Å². The number of hydrogen-bond acceptors (Lipinski definition) is 6. The van der Waals surface area contributed by atoms with Crippen LogP contribution in [0.3, 0.4) is 0 Å². The van der Waals surface area contributed by atoms with E-state index in [-0.39, 0.29) is 12.5 Å². The van der Waals surface area contributed by atoms with Gasteiger partial charge < -0.3 is 4.74 Å². The molecule has 2 atom stereocenters. The van der Waals surface area contributed by atoms with Crippen molar-refractivity contribution in [3.63, 3.8) is 0 Å². The SMILES string of the molecule is N#CC1(C#N)CC=C2CO[C@H](c3cccs3)C[C@@H]2C1(C#N)C#N. The van der Waals surface area contributed by atoms with Crippen molar-refractivity contribution in [2.45, 2.75) is 18.9 Å². The van der Waals surface area contributed by atoms with Crippen molar-refractivity contribution < 1.29 is 4.74 Å². The van der Waals surface area contributed by atoms with Gasteiger partial charge in [-0.25, -0.2) is 0 Å². The number of nitrogens with zero attached hydrogens (tertiary/aromatic N) is 4. The molecule has 1 aliphatic heterocycles. The lowest BCUT2D eigenvalue weighted by Crippen LogP contribution is -2.49. The second-order valence-corrected chi connectivity index (χ2v) is 6.73. The fourth-order valence-corrected chi connectivity index (χ4v) is 4.25. The zero-order valence-corrected chi connectivity index (χ0v) is 13.0. The third kappa shape index (κ3) is 1.97. The molecular weight excluding hydrogens is 308 g/mol. The van der Waals surface area contributed by atoms with Crippen LogP contribution < -0.4 is 0 Å². The molecule has 0 spiro atoms. The third-order valence-corrected chi connectivity index (χ3v) is 5.77. The summed E-state index contributed by atoms with van der Waals surface area (Å²) in [6.45, 7) is 0.325. The fourth-order valence-electron chi connectivity index (χ4n) is 3.47. The lowest BCUT2D eigenvalue weighted by atomic mass is 9.52. The quantitative estimate of drug-likeness (QED) is 0.739. The molecule has 0 aromatic carbocycles. The lowest BCUT2D eigenvalue weighted by molar-refractivity contribution is -0.00509. The van der Waals surface area contributed by atoms with Crippen LogP contribution in [0.1, 0.15) is 23.8 Å². The van der Waals surface area contributed by atoms with Crippen LogP contribution in [0.25, 0.3) is 0 Å². The lowest BCUT2D eigenvalue weighted by Gasteiger charge is -2.45. The molecule has 1 aromatic heterocycles. The van der Waals surface area contributed by atoms with Gasteiger partial charge in [-0.05, 0) is 23.4 Å². The van der Waals surface area contributed by atoms with Gasteiger partial charge in [-0.15, -0.1) is 11.3 Å². The number of nitriles is 4. The van der Waals surface area contributed by atoms with E-state index in [1.807, 2.05) is 41.8 Å². The summed E-state index contributed by atoms with van der Waals surface area (Å²) < 4.78 is 5.87. The predicted molar refractivity (Wildman–Crippen MR) is 81.1 cm³/mol. The van der Waals surface area contributed by atoms with E-state index < -0.39 is 16.7 Å². The van der Waals surface area contributed by atoms with Crippen LogP contribution in [0, 0.1) is 62.1 Å². The highest BCUT2D eigenvalue weighted by Gasteiger charge is 2.62. The Balaban J connectivity index is 2.08. The Bertz CT molecular complexity index is 785. The fraction of sp³-hybridized carbons (Fsp3) is 0.412. The number of rotatable bonds is 1. The minimum atomic E-state index is -1.67. The molecule has 0 saturated carbocycles. The monoisotopic (exact) mass is 320 g/mol. The molecule has 1 saturated heterocycles. The molecule has 1 fully saturated rings. The number of thiophene rings is 1. The Morgan fingerprint density at radius 2 is 1.87 bits per heavy atom. The molecule has 0 N–H and O–H groups in total. The van der Waals surface area contributed by atoms with Crippen molar-refractivity contribution in [3.05, 3.63) is 34.0 Å². The van der Waals surface area contributed by atoms with E-state index in [9.17, 15) is 21.0 Å². The molecule has 0 amide bonds. The molecule has 0 bridgehead atoms. The highest BCUT2D eigenvalue weighted by atomic mass is 32.1. The molecule has 0 radical (unpaired) electrons. The van der Waals surface area contributed by atoms with Crippen molar-refractivity contribution >= 4 is 11.3 Å². The molecule has 6 heteroatoms. The summed E-state index contributed by atoms with van der Waals surface area (Å²) in [5.41, 5.74) is -2.45. The first-order valence-electron chi connectivity index (χ1n) is 7.15. The second kappa shape index (κ2) is 5.53. The summed E-state index contributed by atoms with van der Waals surface area (Å²) in [5, 5.41) is 40.5. The molecule has 112 valence electrons. The van der Waals surface area contributed by atoms with Crippen molar-refractivity contribution in [1.29, 1.82) is 21.0 Å². The molecule has 2 heterocycles. The average Bonchev–Trinajstić information content (AvgIpc) is 3.15. The summed E-state index contributed by atoms with van der Waals surface area (Å²) in [7, 11) is 0. The highest BCUT2D eigenvalue weighted by molar-refractivity contribution is 7.10. The van der Waals surface area contributed by atoms with Crippen LogP contribution in [0.2, 0.25) is 0 Å². The highest BCUT2D eigenvalue weighted by Crippen LogP contribution is 2.57. The van der Waals surface area contributed by atoms with Crippen LogP contribution in [0.15, 0.2) is 29.2 Å². The van der Waals surface area contributed by atoms with Crippen LogP contribution in [-0.4, -0.2) is 6.61 Å². The van der Waals surface area contributed by atoms with Gasteiger partial charge in [0, 0.05) is 17.2 Å². The zero-order valence-electron chi connectivity index (χ0n) is 12.2. The van der Waals surface area contributed by atoms with Gasteiger partial charge in [-0.1, -0.05) is 12.1 Å². The molecule has 0 unspecified atom stereocenters. The van der Waals surface area contributed by atoms with E-state index in [1.54, 1.807) is 17.4 Å². The van der Waals surface area contributed by atoms with Crippen molar-refractivity contribution in [2.75, 3.05) is 6.61 Å². The summed E-state index contributed by atoms with van der Waals surface area (Å²) in [6.07, 6.45) is 2.10. The van der Waals surface area contributed by atoms with Gasteiger partial charge in [0.2, 0.25) is 0 Å². The summed E-state index contributed by atoms with van der Waals surface area (Å²) in [4.78, 5) is 1.03. The maximum absolute atomic E-state index is 9.75. The van der Waals surface area contributed by atoms with Gasteiger partial charge in [-0.3, -0.25) is 0 Å². The van der Waals surface area contributed by atoms with E-state index in [1.165, 1.54) is 0 Å². The van der Waals surface area contributed by atoms with Gasteiger partial charge >= 0.3 is 0 Å². The Morgan fingerprint density at radius 3 is 2.43 bits per heavy atom. The first-order valence-corrected chi connectivity index (χ1v) is 8.03. The van der Waals surface area contributed by atoms with Crippen LogP contribution >= 0.6 is 11.3 Å². The van der Waals surface area contributed by atoms with Crippen molar-refractivity contribution in [3.8, 4) is 24.3 Å². The van der Waals surface area contributed by atoms with E-state index in [4.69, 9.17) is 4.74 Å². The number of hydrogen-bond donors (Lipinski definition) is 0. The van der Waals surface area contributed by atoms with Crippen LogP contribution in [-0.2, 0) is 4.74 Å². The maximum atomic E-state index is 9.75. The van der Waals surface area contributed by atoms with E-state index in [0.29, 0.717) is 13.0 Å². The molecule has 23 heavy (non-hydrogen) atoms. The minimum Gasteiger partial charge on any atom is -0.368 e. The Morgan fingerprint density at radius 1 is 1.13 bits per heavy atom. The Labute approximate surface area is 138 Å². The number of allylic oxidation sites excluding steroid dienone is 1. The minimum absolute atomic E-state index is 0.0833. The first kappa shape index (κ1) is 15.3. The van der Waals surface area contributed by atoms with Crippen LogP contribution in [0.4, 0.5) is 0 Å². The number of ether oxygens (including phenoxy) is 1. The molecule has 1 aliphatic carbocycles. The summed E-state index contributed by atoms with van der Waals surface area (Å²) >= 11 is 1.56. The van der Waals surface area contributed by atoms with Gasteiger partial charge in [0.05, 0.1) is 37.0 Å². The van der Waals surface area contributed by atoms with Crippen molar-refractivity contribution in [2.24, 2.45) is 16.7 Å². The normalized spacial score (nSPS) is 27.2. The third-order valence-electron chi connectivity index (χ3n) is 4.81. The number of fused-ring (bicyclic) bond motifs is 1. The molecule has 5 nitrogen and oxygen atoms in total. The average molecular weight is 320 g/mol. The van der Waals surface area contributed by atoms with Crippen molar-refractivity contribution in [1.82, 2.24) is 0 Å². The largest absolute Gasteiger partial charge is 0.368 e. The summed E-state index contributed by atoms with van der Waals surface area (Å²) in [5.74, 6) is -0.466. The van der Waals surface area contributed by atoms with Gasteiger partial charge in [0.25, 0.3) is 0 Å². The smallest absolute Gasteiger partial charge is 0.182 e. The molecule has 2 aliphatic rings. The molecular formula is C17H12N4OS. The summed E-state index contributed by atoms with van der Waals surface area (Å²) in [6, 6.07) is 11.8. The van der Waals surface area contributed by atoms with E-state index in [0.717, 1.165) is 10.5 Å². The first-order chi connectivity index (χ1) is 11.2. The van der Waals surface area contributed by atoms with Crippen LogP contribution in [0.5, 0.6) is 0 Å². The zero-order chi connectivity index (χ0) is 16.5. The standard InChI is InChI=1S/C17H12N4OS/c18-8-16(9-19)4-3-12-7-22-14(15-2-1-5-23-15)6-13(12)17(16,10-20)11-21/h1-3,5,13-14H,4,6-7H2/t13-,14-/m0/s1. The van der Waals surface area contributed by atoms with Gasteiger partial charge in [-0.2, -0.15) is 21.0 Å².